The number of urea groups is 1. The van der Waals surface area contributed by atoms with E-state index in [1.54, 1.807) is 24.3 Å². The Morgan fingerprint density at radius 3 is 2.68 bits per heavy atom. The minimum absolute atomic E-state index is 0.323. The molecule has 1 aliphatic rings. The highest BCUT2D eigenvalue weighted by Crippen LogP contribution is 2.39. The number of aromatic nitrogens is 2. The van der Waals surface area contributed by atoms with E-state index < -0.39 is 0 Å². The molecule has 0 saturated heterocycles. The predicted molar refractivity (Wildman–Crippen MR) is 74.7 cm³/mol. The fourth-order valence-corrected chi connectivity index (χ4v) is 1.94. The van der Waals surface area contributed by atoms with Gasteiger partial charge in [-0.2, -0.15) is 5.10 Å². The minimum atomic E-state index is -0.323. The van der Waals surface area contributed by atoms with Crippen LogP contribution in [-0.2, 0) is 0 Å². The van der Waals surface area contributed by atoms with Crippen LogP contribution in [0, 0.1) is 0 Å². The molecule has 0 atom stereocenters. The second kappa shape index (κ2) is 4.93. The van der Waals surface area contributed by atoms with Gasteiger partial charge in [0, 0.05) is 28.4 Å². The Bertz CT molecular complexity index is 589. The van der Waals surface area contributed by atoms with Gasteiger partial charge in [-0.1, -0.05) is 11.6 Å². The van der Waals surface area contributed by atoms with Crippen LogP contribution in [0.5, 0.6) is 0 Å². The Hall–Kier alpha value is -2.01. The Kier molecular flexibility index (Phi) is 3.13. The average molecular weight is 277 g/mol. The average Bonchev–Trinajstić information content (AvgIpc) is 3.14. The van der Waals surface area contributed by atoms with Crippen LogP contribution in [0.1, 0.15) is 24.5 Å². The number of anilines is 2. The Labute approximate surface area is 115 Å². The number of benzene rings is 1. The van der Waals surface area contributed by atoms with Gasteiger partial charge in [-0.15, -0.1) is 0 Å². The molecule has 0 radical (unpaired) electrons. The van der Waals surface area contributed by atoms with Crippen LogP contribution in [-0.4, -0.2) is 16.2 Å². The number of rotatable bonds is 3. The van der Waals surface area contributed by atoms with Gasteiger partial charge in [-0.05, 0) is 37.1 Å². The van der Waals surface area contributed by atoms with Gasteiger partial charge in [0.25, 0.3) is 0 Å². The van der Waals surface area contributed by atoms with Crippen LogP contribution < -0.4 is 10.6 Å². The van der Waals surface area contributed by atoms with E-state index in [0.717, 1.165) is 5.69 Å². The van der Waals surface area contributed by atoms with Crippen molar-refractivity contribution in [2.45, 2.75) is 18.8 Å². The van der Waals surface area contributed by atoms with Crippen molar-refractivity contribution in [2.75, 3.05) is 10.6 Å². The summed E-state index contributed by atoms with van der Waals surface area (Å²) in [5, 5.41) is 13.0. The van der Waals surface area contributed by atoms with Gasteiger partial charge in [0.05, 0.1) is 0 Å². The zero-order chi connectivity index (χ0) is 13.2. The number of H-pyrrole nitrogens is 1. The standard InChI is InChI=1S/C13H13ClN4O/c14-9-3-5-10(6-4-9)15-13(19)16-12-7-11(17-18-12)8-1-2-8/h3-8H,1-2H2,(H3,15,16,17,18,19). The first-order valence-electron chi connectivity index (χ1n) is 6.09. The van der Waals surface area contributed by atoms with E-state index in [-0.39, 0.29) is 6.03 Å². The fourth-order valence-electron chi connectivity index (χ4n) is 1.82. The summed E-state index contributed by atoms with van der Waals surface area (Å²) in [6, 6.07) is 8.47. The van der Waals surface area contributed by atoms with Gasteiger partial charge in [-0.25, -0.2) is 4.79 Å². The summed E-state index contributed by atoms with van der Waals surface area (Å²) >= 11 is 5.77. The van der Waals surface area contributed by atoms with E-state index in [2.05, 4.69) is 20.8 Å². The fraction of sp³-hybridized carbons (Fsp3) is 0.231. The molecule has 1 saturated carbocycles. The Balaban J connectivity index is 1.59. The summed E-state index contributed by atoms with van der Waals surface area (Å²) in [6.45, 7) is 0. The summed E-state index contributed by atoms with van der Waals surface area (Å²) in [4.78, 5) is 11.8. The maximum atomic E-state index is 11.8. The number of carbonyl (C=O) groups excluding carboxylic acids is 1. The molecule has 2 aromatic rings. The lowest BCUT2D eigenvalue weighted by Gasteiger charge is -2.05. The molecule has 1 heterocycles. The molecule has 0 unspecified atom stereocenters. The second-order valence-corrected chi connectivity index (χ2v) is 5.01. The number of hydrogen-bond acceptors (Lipinski definition) is 2. The molecule has 3 N–H and O–H groups in total. The SMILES string of the molecule is O=C(Nc1ccc(Cl)cc1)Nc1cc(C2CC2)[nH]n1. The lowest BCUT2D eigenvalue weighted by molar-refractivity contribution is 0.262. The molecule has 6 heteroatoms. The van der Waals surface area contributed by atoms with Crippen molar-refractivity contribution < 1.29 is 4.79 Å². The van der Waals surface area contributed by atoms with Gasteiger partial charge in [0.15, 0.2) is 5.82 Å². The zero-order valence-electron chi connectivity index (χ0n) is 10.1. The molecule has 1 aliphatic carbocycles. The molecule has 1 fully saturated rings. The van der Waals surface area contributed by atoms with Crippen LogP contribution in [0.25, 0.3) is 0 Å². The first kappa shape index (κ1) is 12.0. The van der Waals surface area contributed by atoms with Crippen molar-refractivity contribution in [2.24, 2.45) is 0 Å². The third kappa shape index (κ3) is 3.06. The molecule has 5 nitrogen and oxygen atoms in total. The number of nitrogens with zero attached hydrogens (tertiary/aromatic N) is 1. The first-order valence-corrected chi connectivity index (χ1v) is 6.47. The molecule has 98 valence electrons. The third-order valence-corrected chi connectivity index (χ3v) is 3.21. The number of halogens is 1. The van der Waals surface area contributed by atoms with E-state index >= 15 is 0 Å². The normalized spacial score (nSPS) is 14.2. The summed E-state index contributed by atoms with van der Waals surface area (Å²) in [6.07, 6.45) is 2.39. The quantitative estimate of drug-likeness (QED) is 0.802. The Morgan fingerprint density at radius 1 is 1.26 bits per heavy atom. The van der Waals surface area contributed by atoms with Gasteiger partial charge < -0.3 is 5.32 Å². The topological polar surface area (TPSA) is 69.8 Å². The van der Waals surface area contributed by atoms with E-state index in [9.17, 15) is 4.79 Å². The highest BCUT2D eigenvalue weighted by molar-refractivity contribution is 6.30. The van der Waals surface area contributed by atoms with Crippen LogP contribution in [0.2, 0.25) is 5.02 Å². The molecule has 0 spiro atoms. The monoisotopic (exact) mass is 276 g/mol. The van der Waals surface area contributed by atoms with Crippen LogP contribution in [0.15, 0.2) is 30.3 Å². The number of amides is 2. The van der Waals surface area contributed by atoms with Gasteiger partial charge >= 0.3 is 6.03 Å². The largest absolute Gasteiger partial charge is 0.324 e. The minimum Gasteiger partial charge on any atom is -0.308 e. The van der Waals surface area contributed by atoms with Crippen molar-refractivity contribution in [1.82, 2.24) is 10.2 Å². The van der Waals surface area contributed by atoms with Crippen LogP contribution in [0.3, 0.4) is 0 Å². The smallest absolute Gasteiger partial charge is 0.308 e. The van der Waals surface area contributed by atoms with Crippen LogP contribution in [0.4, 0.5) is 16.3 Å². The molecule has 1 aromatic heterocycles. The van der Waals surface area contributed by atoms with Crippen molar-refractivity contribution >= 4 is 29.1 Å². The number of aromatic amines is 1. The van der Waals surface area contributed by atoms with Crippen molar-refractivity contribution in [1.29, 1.82) is 0 Å². The second-order valence-electron chi connectivity index (χ2n) is 4.57. The zero-order valence-corrected chi connectivity index (χ0v) is 10.9. The van der Waals surface area contributed by atoms with Gasteiger partial charge in [-0.3, -0.25) is 10.4 Å². The van der Waals surface area contributed by atoms with E-state index in [1.165, 1.54) is 12.8 Å². The number of nitrogens with one attached hydrogen (secondary N) is 3. The maximum absolute atomic E-state index is 11.8. The van der Waals surface area contributed by atoms with Crippen LogP contribution >= 0.6 is 11.6 Å². The van der Waals surface area contributed by atoms with Crippen molar-refractivity contribution in [3.63, 3.8) is 0 Å². The summed E-state index contributed by atoms with van der Waals surface area (Å²) in [5.74, 6) is 1.12. The van der Waals surface area contributed by atoms with E-state index in [0.29, 0.717) is 22.4 Å². The predicted octanol–water partition coefficient (Wildman–Crippen LogP) is 3.58. The van der Waals surface area contributed by atoms with Crippen molar-refractivity contribution in [3.05, 3.63) is 41.0 Å². The van der Waals surface area contributed by atoms with Gasteiger partial charge in [0.2, 0.25) is 0 Å². The summed E-state index contributed by atoms with van der Waals surface area (Å²) in [5.41, 5.74) is 1.77. The maximum Gasteiger partial charge on any atom is 0.324 e. The lowest BCUT2D eigenvalue weighted by atomic mass is 10.3. The molecule has 2 amide bonds. The lowest BCUT2D eigenvalue weighted by Crippen LogP contribution is -2.19. The number of hydrogen-bond donors (Lipinski definition) is 3. The third-order valence-electron chi connectivity index (χ3n) is 2.96. The van der Waals surface area contributed by atoms with E-state index in [1.807, 2.05) is 6.07 Å². The summed E-state index contributed by atoms with van der Waals surface area (Å²) < 4.78 is 0. The molecular weight excluding hydrogens is 264 g/mol. The highest BCUT2D eigenvalue weighted by atomic mass is 35.5. The molecule has 0 bridgehead atoms. The Morgan fingerprint density at radius 2 is 2.00 bits per heavy atom. The molecule has 3 rings (SSSR count). The van der Waals surface area contributed by atoms with E-state index in [4.69, 9.17) is 11.6 Å². The van der Waals surface area contributed by atoms with Gasteiger partial charge in [0.1, 0.15) is 0 Å². The van der Waals surface area contributed by atoms with Crippen molar-refractivity contribution in [3.8, 4) is 0 Å². The summed E-state index contributed by atoms with van der Waals surface area (Å²) in [7, 11) is 0. The molecule has 0 aliphatic heterocycles. The highest BCUT2D eigenvalue weighted by Gasteiger charge is 2.25. The molecule has 1 aromatic carbocycles. The molecular formula is C13H13ClN4O. The molecule has 19 heavy (non-hydrogen) atoms. The first-order chi connectivity index (χ1) is 9.20. The number of carbonyl (C=O) groups is 1.